The van der Waals surface area contributed by atoms with Crippen LogP contribution in [0.3, 0.4) is 0 Å². The van der Waals surface area contributed by atoms with Crippen LogP contribution in [-0.4, -0.2) is 66.4 Å². The summed E-state index contributed by atoms with van der Waals surface area (Å²) in [6.07, 6.45) is 0. The van der Waals surface area contributed by atoms with E-state index in [4.69, 9.17) is 17.5 Å². The number of hydrogen-bond acceptors (Lipinski definition) is 4. The molecule has 0 heterocycles. The van der Waals surface area contributed by atoms with Gasteiger partial charge in [-0.1, -0.05) is 0 Å². The fourth-order valence-electron chi connectivity index (χ4n) is 0. The summed E-state index contributed by atoms with van der Waals surface area (Å²) < 4.78 is 34.1. The summed E-state index contributed by atoms with van der Waals surface area (Å²) in [5.41, 5.74) is 0. The maximum absolute atomic E-state index is 8.52. The second kappa shape index (κ2) is 6.56. The van der Waals surface area contributed by atoms with Crippen molar-refractivity contribution in [2.24, 2.45) is 0 Å². The Kier molecular flexibility index (Phi) is 15.2. The van der Waals surface area contributed by atoms with Gasteiger partial charge in [0.2, 0.25) is 0 Å². The molecule has 0 radical (unpaired) electrons. The second-order valence-corrected chi connectivity index (χ2v) is 1.22. The van der Waals surface area contributed by atoms with Crippen molar-refractivity contribution < 1.29 is 47.1 Å². The first-order valence-electron chi connectivity index (χ1n) is 0.667. The summed E-state index contributed by atoms with van der Waals surface area (Å²) in [5.74, 6) is 0. The first-order chi connectivity index (χ1) is 2.00. The monoisotopic (exact) mass is 257 g/mol. The zero-order chi connectivity index (χ0) is 4.50. The molecule has 0 aromatic rings. The molecule has 7 heteroatoms. The molecule has 0 aliphatic heterocycles. The second-order valence-electron chi connectivity index (χ2n) is 0.408. The van der Waals surface area contributed by atoms with E-state index in [1.165, 1.54) is 0 Å². The van der Waals surface area contributed by atoms with Crippen molar-refractivity contribution in [1.29, 1.82) is 0 Å². The van der Waals surface area contributed by atoms with Gasteiger partial charge in [-0.25, -0.2) is 0 Å². The van der Waals surface area contributed by atoms with Crippen LogP contribution in [0.4, 0.5) is 0 Å². The van der Waals surface area contributed by atoms with Gasteiger partial charge in [-0.2, -0.15) is 0 Å². The van der Waals surface area contributed by atoms with Gasteiger partial charge in [0.25, 0.3) is 0 Å². The molecule has 32 valence electrons. The van der Waals surface area contributed by atoms with Crippen molar-refractivity contribution in [3.8, 4) is 0 Å². The van der Waals surface area contributed by atoms with Crippen LogP contribution >= 0.6 is 0 Å². The molecule has 0 bridgehead atoms. The topological polar surface area (TPSA) is 80.3 Å². The fraction of sp³-hybridized carbons (Fsp3) is 0. The zero-order valence-electron chi connectivity index (χ0n) is 3.75. The molecular formula is BaNaO4S+. The predicted molar refractivity (Wildman–Crippen MR) is 16.2 cm³/mol. The van der Waals surface area contributed by atoms with E-state index in [1.807, 2.05) is 0 Å². The van der Waals surface area contributed by atoms with Crippen molar-refractivity contribution in [2.45, 2.75) is 0 Å². The third-order valence-corrected chi connectivity index (χ3v) is 0. The van der Waals surface area contributed by atoms with Gasteiger partial charge in [0, 0.05) is 10.4 Å². The first kappa shape index (κ1) is 16.2. The van der Waals surface area contributed by atoms with Crippen LogP contribution in [-0.2, 0) is 10.4 Å². The van der Waals surface area contributed by atoms with Gasteiger partial charge >= 0.3 is 78.4 Å². The Bertz CT molecular complexity index is 94.9. The summed E-state index contributed by atoms with van der Waals surface area (Å²) >= 11 is 0. The summed E-state index contributed by atoms with van der Waals surface area (Å²) in [7, 11) is -5.17. The normalized spacial score (nSPS) is 8.29. The SMILES string of the molecule is O=S(=O)([O-])[O-].[Ba+2].[Na+]. The van der Waals surface area contributed by atoms with E-state index in [2.05, 4.69) is 0 Å². The minimum Gasteiger partial charge on any atom is -0.759 e. The van der Waals surface area contributed by atoms with E-state index in [-0.39, 0.29) is 78.4 Å². The van der Waals surface area contributed by atoms with Gasteiger partial charge in [0.15, 0.2) is 0 Å². The predicted octanol–water partition coefficient (Wildman–Crippen LogP) is -4.71. The summed E-state index contributed by atoms with van der Waals surface area (Å²) in [4.78, 5) is 0. The summed E-state index contributed by atoms with van der Waals surface area (Å²) in [5, 5.41) is 0. The largest absolute Gasteiger partial charge is 2.00 e. The Morgan fingerprint density at radius 3 is 1.14 bits per heavy atom. The number of rotatable bonds is 0. The Labute approximate surface area is 104 Å². The van der Waals surface area contributed by atoms with Crippen LogP contribution in [0.5, 0.6) is 0 Å². The van der Waals surface area contributed by atoms with E-state index >= 15 is 0 Å². The maximum Gasteiger partial charge on any atom is 2.00 e. The summed E-state index contributed by atoms with van der Waals surface area (Å²) in [6.45, 7) is 0. The van der Waals surface area contributed by atoms with Crippen LogP contribution in [0.2, 0.25) is 0 Å². The molecule has 4 nitrogen and oxygen atoms in total. The van der Waals surface area contributed by atoms with E-state index < -0.39 is 10.4 Å². The smallest absolute Gasteiger partial charge is 0.759 e. The molecule has 0 saturated heterocycles. The van der Waals surface area contributed by atoms with E-state index in [9.17, 15) is 0 Å². The molecule has 0 N–H and O–H groups in total. The van der Waals surface area contributed by atoms with Crippen LogP contribution < -0.4 is 29.6 Å². The fourth-order valence-corrected chi connectivity index (χ4v) is 0. The Morgan fingerprint density at radius 2 is 1.14 bits per heavy atom. The van der Waals surface area contributed by atoms with E-state index in [0.717, 1.165) is 0 Å². The first-order valence-corrected chi connectivity index (χ1v) is 2.00. The third-order valence-electron chi connectivity index (χ3n) is 0. The van der Waals surface area contributed by atoms with Gasteiger partial charge < -0.3 is 9.11 Å². The molecule has 0 rings (SSSR count). The molecule has 0 aliphatic carbocycles. The molecule has 0 amide bonds. The molecule has 0 saturated carbocycles. The maximum atomic E-state index is 8.52. The van der Waals surface area contributed by atoms with Crippen molar-refractivity contribution in [3.05, 3.63) is 0 Å². The average Bonchev–Trinajstić information content (AvgIpc) is 0.722. The summed E-state index contributed by atoms with van der Waals surface area (Å²) in [6, 6.07) is 0. The zero-order valence-corrected chi connectivity index (χ0v) is 11.0. The minimum absolute atomic E-state index is 0. The molecule has 0 spiro atoms. The van der Waals surface area contributed by atoms with Crippen LogP contribution in [0.1, 0.15) is 0 Å². The number of hydrogen-bond donors (Lipinski definition) is 0. The van der Waals surface area contributed by atoms with E-state index in [1.54, 1.807) is 0 Å². The molecule has 0 atom stereocenters. The van der Waals surface area contributed by atoms with Gasteiger partial charge in [-0.3, -0.25) is 8.42 Å². The molecule has 0 unspecified atom stereocenters. The van der Waals surface area contributed by atoms with Crippen molar-refractivity contribution in [1.82, 2.24) is 0 Å². The molecule has 0 aromatic carbocycles. The van der Waals surface area contributed by atoms with Gasteiger partial charge in [-0.15, -0.1) is 0 Å². The van der Waals surface area contributed by atoms with Gasteiger partial charge in [0.1, 0.15) is 0 Å². The van der Waals surface area contributed by atoms with E-state index in [0.29, 0.717) is 0 Å². The van der Waals surface area contributed by atoms with Crippen LogP contribution in [0.15, 0.2) is 0 Å². The molecule has 0 aromatic heterocycles. The standard InChI is InChI=1S/Ba.Na.H2O4S/c;;1-5(2,3)4/h;;(H2,1,2,3,4)/q+2;+1;/p-2. The van der Waals surface area contributed by atoms with Crippen molar-refractivity contribution in [3.63, 3.8) is 0 Å². The van der Waals surface area contributed by atoms with Crippen molar-refractivity contribution in [2.75, 3.05) is 0 Å². The van der Waals surface area contributed by atoms with Crippen LogP contribution in [0, 0.1) is 0 Å². The molecular weight excluding hydrogens is 256 g/mol. The minimum atomic E-state index is -5.17. The van der Waals surface area contributed by atoms with Crippen LogP contribution in [0.25, 0.3) is 0 Å². The van der Waals surface area contributed by atoms with Gasteiger partial charge in [0.05, 0.1) is 0 Å². The Hall–Kier alpha value is 2.44. The molecule has 0 fully saturated rings. The van der Waals surface area contributed by atoms with Crippen molar-refractivity contribution >= 4 is 59.3 Å². The Balaban J connectivity index is -0.0000000800. The Morgan fingerprint density at radius 1 is 1.14 bits per heavy atom. The molecule has 0 aliphatic rings. The third kappa shape index (κ3) is 58.8. The molecule has 7 heavy (non-hydrogen) atoms. The average molecular weight is 256 g/mol. The van der Waals surface area contributed by atoms with Gasteiger partial charge in [-0.05, 0) is 0 Å². The quantitative estimate of drug-likeness (QED) is 0.248.